The molecule has 0 bridgehead atoms. The summed E-state index contributed by atoms with van der Waals surface area (Å²) in [5, 5.41) is 16.3. The highest BCUT2D eigenvalue weighted by molar-refractivity contribution is 5.69. The zero-order valence-corrected chi connectivity index (χ0v) is 7.83. The van der Waals surface area contributed by atoms with E-state index in [0.29, 0.717) is 6.04 Å². The van der Waals surface area contributed by atoms with Crippen LogP contribution in [0.5, 0.6) is 0 Å². The van der Waals surface area contributed by atoms with Gasteiger partial charge in [-0.1, -0.05) is 0 Å². The van der Waals surface area contributed by atoms with Gasteiger partial charge in [-0.15, -0.1) is 10.2 Å². The maximum absolute atomic E-state index is 10.7. The van der Waals surface area contributed by atoms with Crippen LogP contribution < -0.4 is 0 Å². The highest BCUT2D eigenvalue weighted by atomic mass is 16.4. The Kier molecular flexibility index (Phi) is 2.47. The number of aliphatic carboxylic acids is 1. The molecule has 0 spiro atoms. The van der Waals surface area contributed by atoms with Gasteiger partial charge in [0, 0.05) is 6.04 Å². The normalized spacial score (nSPS) is 27.4. The predicted molar refractivity (Wildman–Crippen MR) is 48.7 cm³/mol. The average Bonchev–Trinajstić information content (AvgIpc) is 2.71. The number of carbonyl (C=O) groups is 1. The van der Waals surface area contributed by atoms with Crippen LogP contribution in [-0.4, -0.2) is 25.8 Å². The molecule has 0 unspecified atom stereocenters. The highest BCUT2D eigenvalue weighted by Crippen LogP contribution is 2.31. The SMILES string of the molecule is O=C(O)[C@H]1CC[C@@H](n2cnnc2)CC1. The van der Waals surface area contributed by atoms with Crippen molar-refractivity contribution in [3.8, 4) is 0 Å². The third kappa shape index (κ3) is 1.76. The standard InChI is InChI=1S/C9H13N3O2/c13-9(14)7-1-3-8(4-2-7)12-5-10-11-6-12/h5-8H,1-4H2,(H,13,14)/t7-,8+. The summed E-state index contributed by atoms with van der Waals surface area (Å²) in [7, 11) is 0. The lowest BCUT2D eigenvalue weighted by atomic mass is 9.86. The molecule has 0 saturated heterocycles. The molecule has 76 valence electrons. The van der Waals surface area contributed by atoms with Crippen LogP contribution in [0.4, 0.5) is 0 Å². The van der Waals surface area contributed by atoms with Gasteiger partial charge in [-0.2, -0.15) is 0 Å². The third-order valence-corrected chi connectivity index (χ3v) is 2.90. The Labute approximate surface area is 81.8 Å². The molecule has 1 aromatic rings. The van der Waals surface area contributed by atoms with Gasteiger partial charge in [0.05, 0.1) is 5.92 Å². The van der Waals surface area contributed by atoms with Gasteiger partial charge >= 0.3 is 5.97 Å². The zero-order valence-electron chi connectivity index (χ0n) is 7.83. The van der Waals surface area contributed by atoms with E-state index in [1.807, 2.05) is 4.57 Å². The first-order chi connectivity index (χ1) is 6.77. The summed E-state index contributed by atoms with van der Waals surface area (Å²) in [6, 6.07) is 0.389. The van der Waals surface area contributed by atoms with Crippen LogP contribution in [0.2, 0.25) is 0 Å². The smallest absolute Gasteiger partial charge is 0.306 e. The van der Waals surface area contributed by atoms with Crippen molar-refractivity contribution in [1.82, 2.24) is 14.8 Å². The Morgan fingerprint density at radius 3 is 2.29 bits per heavy atom. The van der Waals surface area contributed by atoms with Gasteiger partial charge in [0.2, 0.25) is 0 Å². The fraction of sp³-hybridized carbons (Fsp3) is 0.667. The molecule has 1 fully saturated rings. The number of hydrogen-bond acceptors (Lipinski definition) is 3. The number of nitrogens with zero attached hydrogens (tertiary/aromatic N) is 3. The monoisotopic (exact) mass is 195 g/mol. The molecule has 0 amide bonds. The van der Waals surface area contributed by atoms with E-state index in [1.54, 1.807) is 12.7 Å². The molecule has 0 atom stereocenters. The average molecular weight is 195 g/mol. The Hall–Kier alpha value is -1.39. The van der Waals surface area contributed by atoms with Crippen molar-refractivity contribution in [2.75, 3.05) is 0 Å². The summed E-state index contributed by atoms with van der Waals surface area (Å²) < 4.78 is 1.97. The minimum Gasteiger partial charge on any atom is -0.481 e. The van der Waals surface area contributed by atoms with Gasteiger partial charge in [-0.05, 0) is 25.7 Å². The molecule has 0 aliphatic heterocycles. The van der Waals surface area contributed by atoms with Gasteiger partial charge in [-0.25, -0.2) is 0 Å². The summed E-state index contributed by atoms with van der Waals surface area (Å²) in [5.74, 6) is -0.810. The Bertz CT molecular complexity index is 302. The van der Waals surface area contributed by atoms with Crippen LogP contribution >= 0.6 is 0 Å². The van der Waals surface area contributed by atoms with E-state index in [9.17, 15) is 4.79 Å². The second-order valence-corrected chi connectivity index (χ2v) is 3.75. The van der Waals surface area contributed by atoms with Crippen LogP contribution in [0.25, 0.3) is 0 Å². The number of aromatic nitrogens is 3. The van der Waals surface area contributed by atoms with E-state index in [-0.39, 0.29) is 5.92 Å². The van der Waals surface area contributed by atoms with Crippen molar-refractivity contribution in [3.05, 3.63) is 12.7 Å². The van der Waals surface area contributed by atoms with Crippen molar-refractivity contribution in [1.29, 1.82) is 0 Å². The van der Waals surface area contributed by atoms with E-state index >= 15 is 0 Å². The summed E-state index contributed by atoms with van der Waals surface area (Å²) in [6.07, 6.45) is 6.75. The molecule has 1 heterocycles. The molecule has 14 heavy (non-hydrogen) atoms. The van der Waals surface area contributed by atoms with Crippen LogP contribution in [0.3, 0.4) is 0 Å². The van der Waals surface area contributed by atoms with E-state index < -0.39 is 5.97 Å². The van der Waals surface area contributed by atoms with E-state index in [2.05, 4.69) is 10.2 Å². The zero-order chi connectivity index (χ0) is 9.97. The first-order valence-electron chi connectivity index (χ1n) is 4.84. The van der Waals surface area contributed by atoms with Crippen molar-refractivity contribution in [2.45, 2.75) is 31.7 Å². The number of carboxylic acids is 1. The van der Waals surface area contributed by atoms with E-state index in [1.165, 1.54) is 0 Å². The van der Waals surface area contributed by atoms with Gasteiger partial charge in [0.25, 0.3) is 0 Å². The Morgan fingerprint density at radius 2 is 1.79 bits per heavy atom. The van der Waals surface area contributed by atoms with Crippen molar-refractivity contribution < 1.29 is 9.90 Å². The number of hydrogen-bond donors (Lipinski definition) is 1. The van der Waals surface area contributed by atoms with Crippen LogP contribution in [0.1, 0.15) is 31.7 Å². The summed E-state index contributed by atoms with van der Waals surface area (Å²) in [5.41, 5.74) is 0. The quantitative estimate of drug-likeness (QED) is 0.767. The van der Waals surface area contributed by atoms with Gasteiger partial charge < -0.3 is 9.67 Å². The van der Waals surface area contributed by atoms with Crippen LogP contribution in [0, 0.1) is 5.92 Å². The second-order valence-electron chi connectivity index (χ2n) is 3.75. The molecule has 1 aliphatic rings. The molecule has 1 aromatic heterocycles. The topological polar surface area (TPSA) is 68.0 Å². The lowest BCUT2D eigenvalue weighted by Gasteiger charge is -2.26. The lowest BCUT2D eigenvalue weighted by molar-refractivity contribution is -0.143. The second kappa shape index (κ2) is 3.77. The molecule has 0 aromatic carbocycles. The molecule has 2 rings (SSSR count). The molecule has 5 heteroatoms. The van der Waals surface area contributed by atoms with Crippen molar-refractivity contribution in [2.24, 2.45) is 5.92 Å². The van der Waals surface area contributed by atoms with Gasteiger partial charge in [0.15, 0.2) is 0 Å². The largest absolute Gasteiger partial charge is 0.481 e. The van der Waals surface area contributed by atoms with Crippen LogP contribution in [-0.2, 0) is 4.79 Å². The molecule has 1 N–H and O–H groups in total. The summed E-state index contributed by atoms with van der Waals surface area (Å²) in [6.45, 7) is 0. The van der Waals surface area contributed by atoms with Crippen molar-refractivity contribution in [3.63, 3.8) is 0 Å². The molecular formula is C9H13N3O2. The molecule has 5 nitrogen and oxygen atoms in total. The van der Waals surface area contributed by atoms with Crippen LogP contribution in [0.15, 0.2) is 12.7 Å². The maximum Gasteiger partial charge on any atom is 0.306 e. The molecule has 1 saturated carbocycles. The minimum absolute atomic E-state index is 0.150. The molecule has 0 radical (unpaired) electrons. The van der Waals surface area contributed by atoms with Gasteiger partial charge in [0.1, 0.15) is 12.7 Å². The third-order valence-electron chi connectivity index (χ3n) is 2.90. The summed E-state index contributed by atoms with van der Waals surface area (Å²) >= 11 is 0. The minimum atomic E-state index is -0.660. The Morgan fingerprint density at radius 1 is 1.21 bits per heavy atom. The Balaban J connectivity index is 1.93. The van der Waals surface area contributed by atoms with Crippen molar-refractivity contribution >= 4 is 5.97 Å². The van der Waals surface area contributed by atoms with E-state index in [4.69, 9.17) is 5.11 Å². The first-order valence-corrected chi connectivity index (χ1v) is 4.84. The molecule has 1 aliphatic carbocycles. The number of carboxylic acid groups (broad SMARTS) is 1. The predicted octanol–water partition coefficient (Wildman–Crippen LogP) is 1.09. The van der Waals surface area contributed by atoms with Gasteiger partial charge in [-0.3, -0.25) is 4.79 Å². The number of rotatable bonds is 2. The molecular weight excluding hydrogens is 182 g/mol. The fourth-order valence-corrected chi connectivity index (χ4v) is 2.02. The maximum atomic E-state index is 10.7. The van der Waals surface area contributed by atoms with E-state index in [0.717, 1.165) is 25.7 Å². The first kappa shape index (κ1) is 9.18. The lowest BCUT2D eigenvalue weighted by Crippen LogP contribution is -2.22. The summed E-state index contributed by atoms with van der Waals surface area (Å²) in [4.78, 5) is 10.7. The highest BCUT2D eigenvalue weighted by Gasteiger charge is 2.26. The fourth-order valence-electron chi connectivity index (χ4n) is 2.02.